The van der Waals surface area contributed by atoms with Gasteiger partial charge in [0.05, 0.1) is 21.6 Å². The van der Waals surface area contributed by atoms with Gasteiger partial charge in [0, 0.05) is 18.5 Å². The van der Waals surface area contributed by atoms with Gasteiger partial charge in [-0.05, 0) is 30.3 Å². The zero-order chi connectivity index (χ0) is 25.3. The molecule has 0 unspecified atom stereocenters. The first-order valence-corrected chi connectivity index (χ1v) is 10.4. The lowest BCUT2D eigenvalue weighted by Crippen LogP contribution is -2.26. The maximum atomic E-state index is 14.2. The average Bonchev–Trinajstić information content (AvgIpc) is 2.78. The molecule has 0 aliphatic heterocycles. The second-order valence-corrected chi connectivity index (χ2v) is 7.73. The lowest BCUT2D eigenvalue weighted by atomic mass is 10.1. The Hall–Kier alpha value is -4.37. The van der Waals surface area contributed by atoms with Gasteiger partial charge in [0.2, 0.25) is 5.95 Å². The number of halogens is 4. The van der Waals surface area contributed by atoms with Gasteiger partial charge in [-0.3, -0.25) is 9.36 Å². The second kappa shape index (κ2) is 9.47. The first kappa shape index (κ1) is 23.8. The fourth-order valence-electron chi connectivity index (χ4n) is 3.55. The fourth-order valence-corrected chi connectivity index (χ4v) is 3.80. The molecular weight excluding hydrogens is 485 g/mol. The molecule has 9 nitrogen and oxygen atoms in total. The molecule has 2 aromatic carbocycles. The van der Waals surface area contributed by atoms with Crippen LogP contribution in [0.1, 0.15) is 23.4 Å². The molecule has 0 aliphatic carbocycles. The minimum Gasteiger partial charge on any atom is -0.382 e. The molecule has 0 saturated carbocycles. The summed E-state index contributed by atoms with van der Waals surface area (Å²) in [6.45, 7) is 0.0695. The van der Waals surface area contributed by atoms with Crippen molar-refractivity contribution in [2.75, 3.05) is 23.3 Å². The van der Waals surface area contributed by atoms with Crippen LogP contribution in [0.4, 0.5) is 30.8 Å². The third kappa shape index (κ3) is 4.67. The van der Waals surface area contributed by atoms with E-state index in [0.717, 1.165) is 16.7 Å². The number of alkyl halides is 2. The van der Waals surface area contributed by atoms with Crippen LogP contribution in [-0.2, 0) is 6.42 Å². The normalized spacial score (nSPS) is 11.1. The van der Waals surface area contributed by atoms with Crippen molar-refractivity contribution in [3.8, 4) is 11.8 Å². The number of benzene rings is 2. The molecule has 0 atom stereocenters. The van der Waals surface area contributed by atoms with E-state index in [0.29, 0.717) is 6.07 Å². The van der Waals surface area contributed by atoms with Crippen LogP contribution in [0, 0.1) is 17.1 Å². The van der Waals surface area contributed by atoms with Crippen LogP contribution >= 0.6 is 11.6 Å². The van der Waals surface area contributed by atoms with Crippen molar-refractivity contribution in [2.45, 2.75) is 12.8 Å². The van der Waals surface area contributed by atoms with Gasteiger partial charge in [0.25, 0.3) is 12.0 Å². The van der Waals surface area contributed by atoms with Gasteiger partial charge in [-0.25, -0.2) is 18.2 Å². The molecule has 5 N–H and O–H groups in total. The summed E-state index contributed by atoms with van der Waals surface area (Å²) in [4.78, 5) is 25.5. The Morgan fingerprint density at radius 1 is 1.17 bits per heavy atom. The van der Waals surface area contributed by atoms with Crippen LogP contribution in [0.3, 0.4) is 0 Å². The number of anilines is 3. The number of rotatable bonds is 6. The van der Waals surface area contributed by atoms with Gasteiger partial charge in [-0.2, -0.15) is 15.2 Å². The van der Waals surface area contributed by atoms with Crippen LogP contribution < -0.4 is 22.3 Å². The van der Waals surface area contributed by atoms with Gasteiger partial charge >= 0.3 is 0 Å². The first-order chi connectivity index (χ1) is 16.7. The number of nitriles is 1. The van der Waals surface area contributed by atoms with Crippen LogP contribution in [0.25, 0.3) is 16.6 Å². The molecule has 0 radical (unpaired) electrons. The maximum Gasteiger partial charge on any atom is 0.267 e. The fraction of sp³-hybridized carbons (Fsp3) is 0.136. The summed E-state index contributed by atoms with van der Waals surface area (Å²) in [5.74, 6) is -1.02. The van der Waals surface area contributed by atoms with E-state index in [2.05, 4.69) is 20.3 Å². The lowest BCUT2D eigenvalue weighted by molar-refractivity contribution is 0.151. The molecule has 4 rings (SSSR count). The summed E-state index contributed by atoms with van der Waals surface area (Å²) in [5.41, 5.74) is 10.2. The molecule has 178 valence electrons. The van der Waals surface area contributed by atoms with E-state index in [1.165, 1.54) is 6.07 Å². The van der Waals surface area contributed by atoms with Crippen LogP contribution in [0.15, 0.2) is 41.2 Å². The zero-order valence-corrected chi connectivity index (χ0v) is 18.5. The van der Waals surface area contributed by atoms with Gasteiger partial charge in [-0.15, -0.1) is 0 Å². The number of aromatic nitrogens is 4. The number of hydrogen-bond donors (Lipinski definition) is 3. The Kier molecular flexibility index (Phi) is 6.44. The number of fused-ring (bicyclic) bond motifs is 1. The molecule has 0 aliphatic rings. The second-order valence-electron chi connectivity index (χ2n) is 7.33. The Morgan fingerprint density at radius 2 is 1.94 bits per heavy atom. The van der Waals surface area contributed by atoms with E-state index in [4.69, 9.17) is 23.1 Å². The highest BCUT2D eigenvalue weighted by Gasteiger charge is 2.18. The number of nitrogens with two attached hydrogens (primary N) is 2. The van der Waals surface area contributed by atoms with E-state index < -0.39 is 23.4 Å². The highest BCUT2D eigenvalue weighted by atomic mass is 35.5. The monoisotopic (exact) mass is 500 g/mol. The molecule has 35 heavy (non-hydrogen) atoms. The predicted molar refractivity (Wildman–Crippen MR) is 125 cm³/mol. The molecule has 4 aromatic rings. The molecule has 0 bridgehead atoms. The van der Waals surface area contributed by atoms with E-state index in [1.807, 2.05) is 6.07 Å². The predicted octanol–water partition coefficient (Wildman–Crippen LogP) is 3.60. The first-order valence-electron chi connectivity index (χ1n) is 10.1. The highest BCUT2D eigenvalue weighted by Crippen LogP contribution is 2.25. The summed E-state index contributed by atoms with van der Waals surface area (Å²) in [7, 11) is 0. The maximum absolute atomic E-state index is 14.2. The number of nitrogen functional groups attached to an aromatic ring is 2. The molecule has 0 fully saturated rings. The summed E-state index contributed by atoms with van der Waals surface area (Å²) < 4.78 is 41.9. The van der Waals surface area contributed by atoms with Crippen molar-refractivity contribution in [3.63, 3.8) is 0 Å². The Balaban J connectivity index is 1.81. The van der Waals surface area contributed by atoms with Crippen molar-refractivity contribution in [2.24, 2.45) is 0 Å². The van der Waals surface area contributed by atoms with Crippen molar-refractivity contribution in [3.05, 3.63) is 74.5 Å². The molecular formula is C22H16ClF3N8O. The smallest absolute Gasteiger partial charge is 0.267 e. The highest BCUT2D eigenvalue weighted by molar-refractivity contribution is 6.35. The molecule has 0 saturated heterocycles. The summed E-state index contributed by atoms with van der Waals surface area (Å²) in [6.07, 6.45) is -2.92. The molecule has 2 heterocycles. The van der Waals surface area contributed by atoms with E-state index in [1.54, 1.807) is 12.1 Å². The lowest BCUT2D eigenvalue weighted by Gasteiger charge is -2.16. The standard InChI is InChI=1S/C22H16ClF3N8O/c23-14-2-1-3-15-17(14)21(35)34(12-7-10(18(25)26)6-11(24)8-12)16(31-15)4-5-30-20-13(9-27)19(28)32-22(29)33-20/h1-3,6-8,18H,4-5H2,(H5,28,29,30,32,33). The molecule has 13 heteroatoms. The molecule has 0 spiro atoms. The van der Waals surface area contributed by atoms with Gasteiger partial charge in [-0.1, -0.05) is 17.7 Å². The number of hydrogen-bond acceptors (Lipinski definition) is 8. The number of nitrogens with one attached hydrogen (secondary N) is 1. The summed E-state index contributed by atoms with van der Waals surface area (Å²) in [5, 5.41) is 12.4. The van der Waals surface area contributed by atoms with Crippen LogP contribution in [0.2, 0.25) is 5.02 Å². The van der Waals surface area contributed by atoms with E-state index in [-0.39, 0.29) is 63.6 Å². The Morgan fingerprint density at radius 3 is 2.66 bits per heavy atom. The Bertz CT molecular complexity index is 1550. The zero-order valence-electron chi connectivity index (χ0n) is 17.8. The third-order valence-corrected chi connectivity index (χ3v) is 5.35. The SMILES string of the molecule is N#Cc1c(N)nc(N)nc1NCCc1nc2cccc(Cl)c2c(=O)n1-c1cc(F)cc(C(F)F)c1. The minimum absolute atomic E-state index is 0.0263. The third-order valence-electron chi connectivity index (χ3n) is 5.04. The topological polar surface area (TPSA) is 149 Å². The van der Waals surface area contributed by atoms with Crippen molar-refractivity contribution in [1.29, 1.82) is 5.26 Å². The Labute approximate surface area is 200 Å². The van der Waals surface area contributed by atoms with Crippen LogP contribution in [-0.4, -0.2) is 26.1 Å². The van der Waals surface area contributed by atoms with Crippen molar-refractivity contribution >= 4 is 40.1 Å². The van der Waals surface area contributed by atoms with Crippen molar-refractivity contribution < 1.29 is 13.2 Å². The van der Waals surface area contributed by atoms with Crippen LogP contribution in [0.5, 0.6) is 0 Å². The van der Waals surface area contributed by atoms with E-state index >= 15 is 0 Å². The van der Waals surface area contributed by atoms with E-state index in [9.17, 15) is 23.2 Å². The molecule has 0 amide bonds. The van der Waals surface area contributed by atoms with Crippen molar-refractivity contribution in [1.82, 2.24) is 19.5 Å². The summed E-state index contributed by atoms with van der Waals surface area (Å²) >= 11 is 6.21. The van der Waals surface area contributed by atoms with Gasteiger partial charge in [0.15, 0.2) is 5.82 Å². The van der Waals surface area contributed by atoms with Gasteiger partial charge in [0.1, 0.15) is 29.1 Å². The summed E-state index contributed by atoms with van der Waals surface area (Å²) in [6, 6.07) is 9.19. The average molecular weight is 501 g/mol. The minimum atomic E-state index is -2.96. The quantitative estimate of drug-likeness (QED) is 0.363. The largest absolute Gasteiger partial charge is 0.382 e. The molecule has 2 aromatic heterocycles. The van der Waals surface area contributed by atoms with Gasteiger partial charge < -0.3 is 16.8 Å². The number of nitrogens with zero attached hydrogens (tertiary/aromatic N) is 5.